The quantitative estimate of drug-likeness (QED) is 0.486. The van der Waals surface area contributed by atoms with Gasteiger partial charge in [0.25, 0.3) is 0 Å². The molecule has 0 radical (unpaired) electrons. The highest BCUT2D eigenvalue weighted by atomic mass is 16.5. The molecule has 33 heavy (non-hydrogen) atoms. The van der Waals surface area contributed by atoms with Gasteiger partial charge in [0.1, 0.15) is 12.6 Å². The molecule has 8 heteroatoms. The van der Waals surface area contributed by atoms with E-state index in [1.165, 1.54) is 0 Å². The fourth-order valence-corrected chi connectivity index (χ4v) is 4.03. The van der Waals surface area contributed by atoms with Gasteiger partial charge in [-0.1, -0.05) is 69.3 Å². The van der Waals surface area contributed by atoms with Crippen LogP contribution in [0.4, 0.5) is 4.79 Å². The van der Waals surface area contributed by atoms with Gasteiger partial charge in [0.2, 0.25) is 5.91 Å². The number of fused-ring (bicyclic) bond motifs is 3. The number of carbonyl (C=O) groups is 3. The van der Waals surface area contributed by atoms with Crippen molar-refractivity contribution >= 4 is 18.0 Å². The number of aliphatic hydroxyl groups is 1. The predicted molar refractivity (Wildman–Crippen MR) is 123 cm³/mol. The minimum atomic E-state index is -1.22. The van der Waals surface area contributed by atoms with Gasteiger partial charge in [-0.2, -0.15) is 0 Å². The Balaban J connectivity index is 1.63. The van der Waals surface area contributed by atoms with Crippen LogP contribution in [0.3, 0.4) is 0 Å². The minimum Gasteiger partial charge on any atom is -0.481 e. The summed E-state index contributed by atoms with van der Waals surface area (Å²) in [6.07, 6.45) is -2.43. The third-order valence-electron chi connectivity index (χ3n) is 5.66. The summed E-state index contributed by atoms with van der Waals surface area (Å²) in [6, 6.07) is 15.1. The van der Waals surface area contributed by atoms with Crippen LogP contribution in [0.5, 0.6) is 0 Å². The van der Waals surface area contributed by atoms with E-state index in [0.29, 0.717) is 0 Å². The lowest BCUT2D eigenvalue weighted by molar-refractivity contribution is -0.139. The molecule has 1 unspecified atom stereocenters. The SMILES string of the molecule is CC(C)(C)[C@@H](NC(=O)OCC1c2ccccc2-c2ccccc21)C(=O)NCC(O)CC(=O)O. The van der Waals surface area contributed by atoms with Crippen molar-refractivity contribution in [2.45, 2.75) is 45.3 Å². The van der Waals surface area contributed by atoms with Crippen molar-refractivity contribution in [2.75, 3.05) is 13.2 Å². The van der Waals surface area contributed by atoms with E-state index in [-0.39, 0.29) is 19.1 Å². The first-order valence-electron chi connectivity index (χ1n) is 10.9. The van der Waals surface area contributed by atoms with E-state index in [0.717, 1.165) is 22.3 Å². The molecule has 0 fully saturated rings. The van der Waals surface area contributed by atoms with Crippen molar-refractivity contribution in [3.63, 3.8) is 0 Å². The maximum atomic E-state index is 12.7. The number of benzene rings is 2. The molecule has 1 aliphatic carbocycles. The second kappa shape index (κ2) is 10.0. The number of rotatable bonds is 8. The second-order valence-corrected chi connectivity index (χ2v) is 9.27. The van der Waals surface area contributed by atoms with Crippen LogP contribution in [0.25, 0.3) is 11.1 Å². The number of ether oxygens (including phenoxy) is 1. The molecule has 0 heterocycles. The van der Waals surface area contributed by atoms with Gasteiger partial charge in [-0.05, 0) is 27.7 Å². The summed E-state index contributed by atoms with van der Waals surface area (Å²) in [4.78, 5) is 36.0. The van der Waals surface area contributed by atoms with E-state index >= 15 is 0 Å². The smallest absolute Gasteiger partial charge is 0.407 e. The highest BCUT2D eigenvalue weighted by Gasteiger charge is 2.34. The van der Waals surface area contributed by atoms with Crippen molar-refractivity contribution < 1.29 is 29.3 Å². The number of aliphatic carboxylic acids is 1. The van der Waals surface area contributed by atoms with Crippen molar-refractivity contribution in [1.82, 2.24) is 10.6 Å². The molecule has 0 bridgehead atoms. The zero-order chi connectivity index (χ0) is 24.2. The zero-order valence-electron chi connectivity index (χ0n) is 19.0. The van der Waals surface area contributed by atoms with Crippen LogP contribution in [0.1, 0.15) is 44.2 Å². The average molecular weight is 455 g/mol. The molecule has 0 aliphatic heterocycles. The highest BCUT2D eigenvalue weighted by Crippen LogP contribution is 2.44. The van der Waals surface area contributed by atoms with Gasteiger partial charge in [0, 0.05) is 12.5 Å². The van der Waals surface area contributed by atoms with Gasteiger partial charge in [-0.25, -0.2) is 4.79 Å². The molecule has 0 saturated heterocycles. The molecule has 8 nitrogen and oxygen atoms in total. The Morgan fingerprint density at radius 2 is 1.55 bits per heavy atom. The van der Waals surface area contributed by atoms with Gasteiger partial charge >= 0.3 is 12.1 Å². The van der Waals surface area contributed by atoms with Gasteiger partial charge < -0.3 is 25.6 Å². The number of nitrogens with one attached hydrogen (secondary N) is 2. The van der Waals surface area contributed by atoms with Crippen molar-refractivity contribution in [1.29, 1.82) is 0 Å². The number of hydrogen-bond acceptors (Lipinski definition) is 5. The van der Waals surface area contributed by atoms with Gasteiger partial charge in [0.05, 0.1) is 12.5 Å². The van der Waals surface area contributed by atoms with Crippen molar-refractivity contribution in [2.24, 2.45) is 5.41 Å². The van der Waals surface area contributed by atoms with Crippen LogP contribution < -0.4 is 10.6 Å². The molecule has 0 saturated carbocycles. The first-order valence-corrected chi connectivity index (χ1v) is 10.9. The molecule has 1 aliphatic rings. The molecule has 2 atom stereocenters. The van der Waals surface area contributed by atoms with Crippen LogP contribution in [-0.4, -0.2) is 53.5 Å². The molecule has 2 aromatic carbocycles. The molecule has 4 N–H and O–H groups in total. The third-order valence-corrected chi connectivity index (χ3v) is 5.66. The zero-order valence-corrected chi connectivity index (χ0v) is 19.0. The summed E-state index contributed by atoms with van der Waals surface area (Å²) >= 11 is 0. The number of amides is 2. The summed E-state index contributed by atoms with van der Waals surface area (Å²) in [7, 11) is 0. The van der Waals surface area contributed by atoms with Crippen LogP contribution in [0.15, 0.2) is 48.5 Å². The Morgan fingerprint density at radius 1 is 1.00 bits per heavy atom. The van der Waals surface area contributed by atoms with Crippen LogP contribution >= 0.6 is 0 Å². The summed E-state index contributed by atoms with van der Waals surface area (Å²) < 4.78 is 5.54. The number of carboxylic acid groups (broad SMARTS) is 1. The molecule has 0 spiro atoms. The molecule has 3 rings (SSSR count). The summed E-state index contributed by atoms with van der Waals surface area (Å²) in [6.45, 7) is 5.25. The Morgan fingerprint density at radius 3 is 2.06 bits per heavy atom. The molecular weight excluding hydrogens is 424 g/mol. The van der Waals surface area contributed by atoms with Crippen LogP contribution in [0, 0.1) is 5.41 Å². The Bertz CT molecular complexity index is 984. The third kappa shape index (κ3) is 5.90. The molecule has 176 valence electrons. The predicted octanol–water partition coefficient (Wildman–Crippen LogP) is 2.89. The maximum absolute atomic E-state index is 12.7. The van der Waals surface area contributed by atoms with Gasteiger partial charge in [0.15, 0.2) is 0 Å². The largest absolute Gasteiger partial charge is 0.481 e. The van der Waals surface area contributed by atoms with Crippen molar-refractivity contribution in [3.05, 3.63) is 59.7 Å². The Hall–Kier alpha value is -3.39. The van der Waals surface area contributed by atoms with E-state index in [4.69, 9.17) is 9.84 Å². The maximum Gasteiger partial charge on any atom is 0.407 e. The van der Waals surface area contributed by atoms with E-state index in [1.807, 2.05) is 48.5 Å². The number of alkyl carbamates (subject to hydrolysis) is 1. The number of carbonyl (C=O) groups excluding carboxylic acids is 2. The minimum absolute atomic E-state index is 0.101. The molecular formula is C25H30N2O6. The lowest BCUT2D eigenvalue weighted by Gasteiger charge is -2.30. The Kier molecular flexibility index (Phi) is 7.38. The number of hydrogen-bond donors (Lipinski definition) is 4. The fourth-order valence-electron chi connectivity index (χ4n) is 4.03. The lowest BCUT2D eigenvalue weighted by Crippen LogP contribution is -2.54. The topological polar surface area (TPSA) is 125 Å². The highest BCUT2D eigenvalue weighted by molar-refractivity contribution is 5.86. The van der Waals surface area contributed by atoms with Gasteiger partial charge in [-0.15, -0.1) is 0 Å². The average Bonchev–Trinajstić information content (AvgIpc) is 3.07. The molecule has 2 aromatic rings. The van der Waals surface area contributed by atoms with E-state index in [9.17, 15) is 19.5 Å². The summed E-state index contributed by atoms with van der Waals surface area (Å²) in [5.74, 6) is -1.79. The van der Waals surface area contributed by atoms with E-state index in [2.05, 4.69) is 10.6 Å². The van der Waals surface area contributed by atoms with Crippen LogP contribution in [0.2, 0.25) is 0 Å². The summed E-state index contributed by atoms with van der Waals surface area (Å²) in [5, 5.41) is 23.5. The monoisotopic (exact) mass is 454 g/mol. The summed E-state index contributed by atoms with van der Waals surface area (Å²) in [5.41, 5.74) is 3.77. The lowest BCUT2D eigenvalue weighted by atomic mass is 9.86. The first-order chi connectivity index (χ1) is 15.6. The molecule has 0 aromatic heterocycles. The number of carboxylic acids is 1. The fraction of sp³-hybridized carbons (Fsp3) is 0.400. The normalized spacial score (nSPS) is 14.5. The standard InChI is InChI=1S/C25H30N2O6/c1-25(2,3)22(23(31)26-13-15(28)12-21(29)30)27-24(32)33-14-20-18-10-6-4-8-16(18)17-9-5-7-11-19(17)20/h4-11,15,20,22,28H,12-14H2,1-3H3,(H,26,31)(H,27,32)(H,29,30)/t15?,22-/m0/s1. The van der Waals surface area contributed by atoms with Crippen LogP contribution in [-0.2, 0) is 14.3 Å². The molecule has 2 amide bonds. The number of aliphatic hydroxyl groups excluding tert-OH is 1. The first kappa shape index (κ1) is 24.3. The van der Waals surface area contributed by atoms with Crippen molar-refractivity contribution in [3.8, 4) is 11.1 Å². The van der Waals surface area contributed by atoms with E-state index < -0.39 is 42.0 Å². The second-order valence-electron chi connectivity index (χ2n) is 9.27. The van der Waals surface area contributed by atoms with Gasteiger partial charge in [-0.3, -0.25) is 9.59 Å². The Labute approximate surface area is 193 Å². The van der Waals surface area contributed by atoms with E-state index in [1.54, 1.807) is 20.8 Å².